The molecule has 96 valence electrons. The van der Waals surface area contributed by atoms with Crippen LogP contribution in [0.2, 0.25) is 0 Å². The second-order valence-electron chi connectivity index (χ2n) is 4.35. The molecule has 0 atom stereocenters. The number of aromatic nitrogens is 2. The van der Waals surface area contributed by atoms with Crippen molar-refractivity contribution in [3.63, 3.8) is 0 Å². The maximum Gasteiger partial charge on any atom is 0.175 e. The Bertz CT molecular complexity index is 557. The fourth-order valence-electron chi connectivity index (χ4n) is 1.96. The van der Waals surface area contributed by atoms with E-state index < -0.39 is 0 Å². The van der Waals surface area contributed by atoms with Gasteiger partial charge in [-0.3, -0.25) is 0 Å². The van der Waals surface area contributed by atoms with Gasteiger partial charge in [0.2, 0.25) is 0 Å². The summed E-state index contributed by atoms with van der Waals surface area (Å²) in [6.45, 7) is 5.22. The molecule has 4 heteroatoms. The highest BCUT2D eigenvalue weighted by atomic mass is 79.9. The minimum absolute atomic E-state index is 0.787. The maximum atomic E-state index is 4.32. The number of rotatable bonds is 5. The third kappa shape index (κ3) is 3.35. The fraction of sp³-hybridized carbons (Fsp3) is 0.357. The molecule has 2 aromatic rings. The number of hydrogen-bond donors (Lipinski definition) is 2. The van der Waals surface area contributed by atoms with Crippen LogP contribution >= 0.6 is 15.9 Å². The van der Waals surface area contributed by atoms with Crippen molar-refractivity contribution in [2.45, 2.75) is 26.7 Å². The molecule has 0 fully saturated rings. The Kier molecular flexibility index (Phi) is 4.42. The van der Waals surface area contributed by atoms with Gasteiger partial charge in [-0.1, -0.05) is 19.1 Å². The molecule has 0 aliphatic heterocycles. The first-order valence-corrected chi connectivity index (χ1v) is 7.03. The lowest BCUT2D eigenvalue weighted by Crippen LogP contribution is -2.14. The standard InChI is InChI=1S/C14H18BrN3/c1-3-4-10(2)16-8-7-11-5-6-12-13(9-11)18-14(15)17-12/h4-6,9,16H,3,7-8H2,1-2H3,(H,17,18)/b10-4-. The van der Waals surface area contributed by atoms with E-state index in [9.17, 15) is 0 Å². The molecule has 0 unspecified atom stereocenters. The molecular formula is C14H18BrN3. The van der Waals surface area contributed by atoms with E-state index in [4.69, 9.17) is 0 Å². The molecule has 0 amide bonds. The van der Waals surface area contributed by atoms with Crippen LogP contribution in [0.15, 0.2) is 34.7 Å². The summed E-state index contributed by atoms with van der Waals surface area (Å²) >= 11 is 3.35. The molecule has 2 N–H and O–H groups in total. The maximum absolute atomic E-state index is 4.32. The molecule has 0 radical (unpaired) electrons. The van der Waals surface area contributed by atoms with E-state index in [1.165, 1.54) is 11.3 Å². The second kappa shape index (κ2) is 6.05. The van der Waals surface area contributed by atoms with Gasteiger partial charge in [-0.25, -0.2) is 4.98 Å². The van der Waals surface area contributed by atoms with Crippen molar-refractivity contribution in [3.8, 4) is 0 Å². The van der Waals surface area contributed by atoms with Crippen LogP contribution in [-0.4, -0.2) is 16.5 Å². The highest BCUT2D eigenvalue weighted by Gasteiger charge is 2.01. The summed E-state index contributed by atoms with van der Waals surface area (Å²) in [6, 6.07) is 6.35. The van der Waals surface area contributed by atoms with E-state index >= 15 is 0 Å². The zero-order valence-corrected chi connectivity index (χ0v) is 12.3. The number of fused-ring (bicyclic) bond motifs is 1. The van der Waals surface area contributed by atoms with Gasteiger partial charge in [0.15, 0.2) is 4.73 Å². The Labute approximate surface area is 116 Å². The van der Waals surface area contributed by atoms with E-state index in [1.54, 1.807) is 0 Å². The summed E-state index contributed by atoms with van der Waals surface area (Å²) in [4.78, 5) is 7.52. The Hall–Kier alpha value is -1.29. The Morgan fingerprint density at radius 3 is 3.11 bits per heavy atom. The van der Waals surface area contributed by atoms with Crippen LogP contribution in [0, 0.1) is 0 Å². The zero-order valence-electron chi connectivity index (χ0n) is 10.8. The van der Waals surface area contributed by atoms with Crippen LogP contribution in [-0.2, 0) is 6.42 Å². The van der Waals surface area contributed by atoms with Crippen molar-refractivity contribution in [1.82, 2.24) is 15.3 Å². The molecule has 18 heavy (non-hydrogen) atoms. The van der Waals surface area contributed by atoms with Crippen molar-refractivity contribution < 1.29 is 0 Å². The lowest BCUT2D eigenvalue weighted by atomic mass is 10.1. The number of benzene rings is 1. The van der Waals surface area contributed by atoms with Gasteiger partial charge in [-0.2, -0.15) is 0 Å². The highest BCUT2D eigenvalue weighted by Crippen LogP contribution is 2.16. The first-order chi connectivity index (χ1) is 8.69. The molecular weight excluding hydrogens is 290 g/mol. The number of H-pyrrole nitrogens is 1. The smallest absolute Gasteiger partial charge is 0.175 e. The second-order valence-corrected chi connectivity index (χ2v) is 5.10. The van der Waals surface area contributed by atoms with Gasteiger partial charge in [0.25, 0.3) is 0 Å². The summed E-state index contributed by atoms with van der Waals surface area (Å²) in [5.74, 6) is 0. The molecule has 0 saturated heterocycles. The van der Waals surface area contributed by atoms with Gasteiger partial charge in [-0.15, -0.1) is 0 Å². The van der Waals surface area contributed by atoms with Crippen molar-refractivity contribution in [3.05, 3.63) is 40.3 Å². The largest absolute Gasteiger partial charge is 0.388 e. The lowest BCUT2D eigenvalue weighted by Gasteiger charge is -2.06. The lowest BCUT2D eigenvalue weighted by molar-refractivity contribution is 0.783. The number of aromatic amines is 1. The molecule has 0 spiro atoms. The monoisotopic (exact) mass is 307 g/mol. The Morgan fingerprint density at radius 1 is 1.50 bits per heavy atom. The van der Waals surface area contributed by atoms with E-state index in [0.29, 0.717) is 0 Å². The first-order valence-electron chi connectivity index (χ1n) is 6.24. The molecule has 1 aromatic heterocycles. The number of nitrogens with zero attached hydrogens (tertiary/aromatic N) is 1. The minimum Gasteiger partial charge on any atom is -0.388 e. The van der Waals surface area contributed by atoms with Crippen LogP contribution in [0.3, 0.4) is 0 Å². The topological polar surface area (TPSA) is 40.7 Å². The quantitative estimate of drug-likeness (QED) is 0.882. The van der Waals surface area contributed by atoms with Gasteiger partial charge >= 0.3 is 0 Å². The van der Waals surface area contributed by atoms with E-state index in [1.807, 2.05) is 0 Å². The number of halogens is 1. The average Bonchev–Trinajstić information content (AvgIpc) is 2.69. The zero-order chi connectivity index (χ0) is 13.0. The van der Waals surface area contributed by atoms with Gasteiger partial charge in [-0.05, 0) is 53.4 Å². The van der Waals surface area contributed by atoms with Crippen molar-refractivity contribution in [2.24, 2.45) is 0 Å². The van der Waals surface area contributed by atoms with Gasteiger partial charge in [0, 0.05) is 12.2 Å². The SMILES string of the molecule is CC/C=C(/C)NCCc1ccc2nc(Br)[nH]c2c1. The molecule has 1 heterocycles. The summed E-state index contributed by atoms with van der Waals surface area (Å²) in [7, 11) is 0. The van der Waals surface area contributed by atoms with Crippen LogP contribution in [0.4, 0.5) is 0 Å². The van der Waals surface area contributed by atoms with Crippen molar-refractivity contribution >= 4 is 27.0 Å². The molecule has 0 aliphatic carbocycles. The fourth-order valence-corrected chi connectivity index (χ4v) is 2.37. The van der Waals surface area contributed by atoms with Gasteiger partial charge in [0.1, 0.15) is 0 Å². The average molecular weight is 308 g/mol. The number of hydrogen-bond acceptors (Lipinski definition) is 2. The summed E-state index contributed by atoms with van der Waals surface area (Å²) in [6.07, 6.45) is 4.30. The number of allylic oxidation sites excluding steroid dienone is 2. The summed E-state index contributed by atoms with van der Waals surface area (Å²) in [5.41, 5.74) is 4.65. The Balaban J connectivity index is 1.97. The van der Waals surface area contributed by atoms with E-state index in [2.05, 4.69) is 69.3 Å². The third-order valence-electron chi connectivity index (χ3n) is 2.85. The van der Waals surface area contributed by atoms with Gasteiger partial charge in [0.05, 0.1) is 11.0 Å². The molecule has 1 aromatic carbocycles. The number of imidazole rings is 1. The first kappa shape index (κ1) is 13.1. The summed E-state index contributed by atoms with van der Waals surface area (Å²) < 4.78 is 0.787. The van der Waals surface area contributed by atoms with Crippen LogP contribution in [0.5, 0.6) is 0 Å². The molecule has 0 saturated carbocycles. The molecule has 0 aliphatic rings. The highest BCUT2D eigenvalue weighted by molar-refractivity contribution is 9.10. The minimum atomic E-state index is 0.787. The predicted octanol–water partition coefficient (Wildman–Crippen LogP) is 3.77. The predicted molar refractivity (Wildman–Crippen MR) is 79.5 cm³/mol. The van der Waals surface area contributed by atoms with Crippen molar-refractivity contribution in [2.75, 3.05) is 6.54 Å². The summed E-state index contributed by atoms with van der Waals surface area (Å²) in [5, 5.41) is 3.41. The normalized spacial score (nSPS) is 12.1. The van der Waals surface area contributed by atoms with Crippen LogP contribution in [0.1, 0.15) is 25.8 Å². The van der Waals surface area contributed by atoms with Gasteiger partial charge < -0.3 is 10.3 Å². The van der Waals surface area contributed by atoms with Crippen LogP contribution in [0.25, 0.3) is 11.0 Å². The van der Waals surface area contributed by atoms with E-state index in [0.717, 1.165) is 35.2 Å². The third-order valence-corrected chi connectivity index (χ3v) is 3.22. The number of nitrogens with one attached hydrogen (secondary N) is 2. The molecule has 3 nitrogen and oxygen atoms in total. The van der Waals surface area contributed by atoms with Crippen LogP contribution < -0.4 is 5.32 Å². The molecule has 0 bridgehead atoms. The molecule has 2 rings (SSSR count). The van der Waals surface area contributed by atoms with Crippen molar-refractivity contribution in [1.29, 1.82) is 0 Å². The van der Waals surface area contributed by atoms with E-state index in [-0.39, 0.29) is 0 Å². The Morgan fingerprint density at radius 2 is 2.33 bits per heavy atom.